The minimum absolute atomic E-state index is 0.0284. The number of ether oxygens (including phenoxy) is 4. The lowest BCUT2D eigenvalue weighted by atomic mass is 10.1. The summed E-state index contributed by atoms with van der Waals surface area (Å²) in [5, 5.41) is 20.9. The number of rotatable bonds is 26. The summed E-state index contributed by atoms with van der Waals surface area (Å²) in [7, 11) is 0. The fraction of sp³-hybridized carbons (Fsp3) is 0.879. The average molecular weight is 676 g/mol. The molecule has 0 rings (SSSR count). The Bertz CT molecular complexity index is 842. The van der Waals surface area contributed by atoms with Gasteiger partial charge in [0.05, 0.1) is 19.8 Å². The van der Waals surface area contributed by atoms with E-state index in [4.69, 9.17) is 18.9 Å². The van der Waals surface area contributed by atoms with Crippen LogP contribution in [0.3, 0.4) is 0 Å². The number of hydrogen-bond acceptors (Lipinski definition) is 10. The maximum Gasteiger partial charge on any atom is 0.407 e. The zero-order valence-corrected chi connectivity index (χ0v) is 30.0. The quantitative estimate of drug-likeness (QED) is 0.0614. The Morgan fingerprint density at radius 2 is 1.11 bits per heavy atom. The molecule has 0 unspecified atom stereocenters. The third-order valence-electron chi connectivity index (χ3n) is 6.85. The molecule has 0 fully saturated rings. The Morgan fingerprint density at radius 3 is 1.57 bits per heavy atom. The Hall–Kier alpha value is -3.00. The minimum atomic E-state index is -0.585. The molecule has 0 saturated heterocycles. The zero-order chi connectivity index (χ0) is 35.3. The molecule has 0 aliphatic rings. The molecular weight excluding hydrogens is 610 g/mol. The molecule has 276 valence electrons. The van der Waals surface area contributed by atoms with Crippen molar-refractivity contribution in [2.24, 2.45) is 0 Å². The van der Waals surface area contributed by atoms with Crippen molar-refractivity contribution in [2.45, 2.75) is 130 Å². The van der Waals surface area contributed by atoms with E-state index in [0.29, 0.717) is 78.1 Å². The number of amides is 4. The van der Waals surface area contributed by atoms with E-state index < -0.39 is 30.0 Å². The third-order valence-corrected chi connectivity index (χ3v) is 6.85. The highest BCUT2D eigenvalue weighted by Gasteiger charge is 2.22. The van der Waals surface area contributed by atoms with Crippen LogP contribution in [0.2, 0.25) is 0 Å². The monoisotopic (exact) mass is 675 g/mol. The van der Waals surface area contributed by atoms with Gasteiger partial charge in [0.15, 0.2) is 0 Å². The molecule has 0 aromatic carbocycles. The summed E-state index contributed by atoms with van der Waals surface area (Å²) in [5.74, 6) is 0. The van der Waals surface area contributed by atoms with Gasteiger partial charge in [-0.2, -0.15) is 0 Å². The molecule has 0 aliphatic carbocycles. The second-order valence-corrected chi connectivity index (χ2v) is 12.6. The van der Waals surface area contributed by atoms with Crippen LogP contribution in [0.4, 0.5) is 19.2 Å². The number of aliphatic hydroxyl groups is 1. The van der Waals surface area contributed by atoms with E-state index in [2.05, 4.69) is 26.2 Å². The highest BCUT2D eigenvalue weighted by atomic mass is 16.6. The number of alkyl carbamates (subject to hydrolysis) is 4. The van der Waals surface area contributed by atoms with Crippen molar-refractivity contribution in [3.05, 3.63) is 0 Å². The topological polar surface area (TPSA) is 177 Å². The lowest BCUT2D eigenvalue weighted by Crippen LogP contribution is -2.51. The highest BCUT2D eigenvalue weighted by molar-refractivity contribution is 5.68. The molecule has 14 heteroatoms. The molecule has 14 nitrogen and oxygen atoms in total. The standard InChI is InChI=1S/C33H65N5O9/c1-7-10-22-44-29(40)35-19-20-38(26-28(17-15-21-39)37-32(43)46-24-12-9-3)25-27(36-31(42)45-23-11-8-2)16-13-14-18-34-30(41)47-33(4,5)6/h27-28,39H,7-26H2,1-6H3,(H,34,41)(H,35,40)(H,36,42)(H,37,43)/t27-,28-/m0/s1. The fourth-order valence-corrected chi connectivity index (χ4v) is 4.37. The van der Waals surface area contributed by atoms with Crippen LogP contribution in [0.5, 0.6) is 0 Å². The Labute approximate surface area is 282 Å². The van der Waals surface area contributed by atoms with Crippen LogP contribution in [0.25, 0.3) is 0 Å². The molecule has 5 N–H and O–H groups in total. The number of aliphatic hydroxyl groups excluding tert-OH is 1. The molecule has 47 heavy (non-hydrogen) atoms. The van der Waals surface area contributed by atoms with Crippen LogP contribution in [0.15, 0.2) is 0 Å². The second kappa shape index (κ2) is 28.1. The van der Waals surface area contributed by atoms with Gasteiger partial charge in [0.25, 0.3) is 0 Å². The summed E-state index contributed by atoms with van der Waals surface area (Å²) in [6, 6.07) is -0.667. The molecule has 4 amide bonds. The van der Waals surface area contributed by atoms with Crippen LogP contribution < -0.4 is 21.3 Å². The first-order valence-corrected chi connectivity index (χ1v) is 17.5. The van der Waals surface area contributed by atoms with Crippen molar-refractivity contribution >= 4 is 24.4 Å². The number of hydrogen-bond donors (Lipinski definition) is 5. The first-order chi connectivity index (χ1) is 22.4. The van der Waals surface area contributed by atoms with Crippen LogP contribution in [-0.2, 0) is 18.9 Å². The molecule has 2 atom stereocenters. The van der Waals surface area contributed by atoms with Crippen molar-refractivity contribution in [3.8, 4) is 0 Å². The van der Waals surface area contributed by atoms with Crippen LogP contribution in [-0.4, -0.2) is 111 Å². The third kappa shape index (κ3) is 27.8. The first-order valence-electron chi connectivity index (χ1n) is 17.5. The number of nitrogens with zero attached hydrogens (tertiary/aromatic N) is 1. The molecule has 0 saturated carbocycles. The SMILES string of the molecule is CCCCOC(=O)NCCN(C[C@H](CCCO)NC(=O)OCCCC)C[C@H](CCCCNC(=O)OC(C)(C)C)NC(=O)OCCCC. The smallest absolute Gasteiger partial charge is 0.407 e. The van der Waals surface area contributed by atoms with Gasteiger partial charge in [-0.15, -0.1) is 0 Å². The maximum absolute atomic E-state index is 12.7. The van der Waals surface area contributed by atoms with Gasteiger partial charge < -0.3 is 45.3 Å². The van der Waals surface area contributed by atoms with E-state index >= 15 is 0 Å². The fourth-order valence-electron chi connectivity index (χ4n) is 4.37. The molecule has 0 radical (unpaired) electrons. The highest BCUT2D eigenvalue weighted by Crippen LogP contribution is 2.09. The summed E-state index contributed by atoms with van der Waals surface area (Å²) in [6.45, 7) is 14.3. The van der Waals surface area contributed by atoms with Crippen molar-refractivity contribution in [1.82, 2.24) is 26.2 Å². The summed E-state index contributed by atoms with van der Waals surface area (Å²) in [4.78, 5) is 51.5. The Balaban J connectivity index is 5.63. The van der Waals surface area contributed by atoms with Crippen molar-refractivity contribution in [2.75, 3.05) is 59.2 Å². The molecule has 0 aromatic heterocycles. The molecule has 0 spiro atoms. The summed E-state index contributed by atoms with van der Waals surface area (Å²) < 4.78 is 21.2. The van der Waals surface area contributed by atoms with E-state index in [-0.39, 0.29) is 25.2 Å². The van der Waals surface area contributed by atoms with Crippen molar-refractivity contribution in [1.29, 1.82) is 0 Å². The van der Waals surface area contributed by atoms with E-state index in [0.717, 1.165) is 38.5 Å². The summed E-state index contributed by atoms with van der Waals surface area (Å²) in [5.41, 5.74) is -0.585. The van der Waals surface area contributed by atoms with Crippen molar-refractivity contribution < 1.29 is 43.2 Å². The lowest BCUT2D eigenvalue weighted by Gasteiger charge is -2.31. The summed E-state index contributed by atoms with van der Waals surface area (Å²) in [6.07, 6.45) is 5.93. The maximum atomic E-state index is 12.7. The second-order valence-electron chi connectivity index (χ2n) is 12.6. The van der Waals surface area contributed by atoms with Gasteiger partial charge in [0, 0.05) is 51.4 Å². The number of nitrogens with one attached hydrogen (secondary N) is 4. The number of unbranched alkanes of at least 4 members (excludes halogenated alkanes) is 4. The predicted octanol–water partition coefficient (Wildman–Crippen LogP) is 5.07. The molecule has 0 heterocycles. The minimum Gasteiger partial charge on any atom is -0.450 e. The van der Waals surface area contributed by atoms with Gasteiger partial charge in [0.1, 0.15) is 5.60 Å². The molecule has 0 bridgehead atoms. The van der Waals surface area contributed by atoms with E-state index in [1.54, 1.807) is 20.8 Å². The Morgan fingerprint density at radius 1 is 0.638 bits per heavy atom. The van der Waals surface area contributed by atoms with Crippen LogP contribution in [0, 0.1) is 0 Å². The lowest BCUT2D eigenvalue weighted by molar-refractivity contribution is 0.0526. The van der Waals surface area contributed by atoms with Gasteiger partial charge in [-0.05, 0) is 72.1 Å². The van der Waals surface area contributed by atoms with Gasteiger partial charge in [-0.3, -0.25) is 4.90 Å². The molecular formula is C33H65N5O9. The van der Waals surface area contributed by atoms with Gasteiger partial charge in [-0.1, -0.05) is 40.0 Å². The van der Waals surface area contributed by atoms with E-state index in [1.165, 1.54) is 0 Å². The largest absolute Gasteiger partial charge is 0.450 e. The van der Waals surface area contributed by atoms with E-state index in [9.17, 15) is 24.3 Å². The van der Waals surface area contributed by atoms with Crippen molar-refractivity contribution in [3.63, 3.8) is 0 Å². The van der Waals surface area contributed by atoms with Gasteiger partial charge in [-0.25, -0.2) is 19.2 Å². The van der Waals surface area contributed by atoms with Crippen LogP contribution in [0.1, 0.15) is 112 Å². The average Bonchev–Trinajstić information content (AvgIpc) is 2.99. The van der Waals surface area contributed by atoms with E-state index in [1.807, 2.05) is 20.8 Å². The number of carbonyl (C=O) groups excluding carboxylic acids is 4. The molecule has 0 aliphatic heterocycles. The van der Waals surface area contributed by atoms with Crippen LogP contribution >= 0.6 is 0 Å². The molecule has 0 aromatic rings. The normalized spacial score (nSPS) is 12.5. The van der Waals surface area contributed by atoms with Gasteiger partial charge >= 0.3 is 24.4 Å². The predicted molar refractivity (Wildman–Crippen MR) is 181 cm³/mol. The number of carbonyl (C=O) groups is 4. The zero-order valence-electron chi connectivity index (χ0n) is 30.0. The summed E-state index contributed by atoms with van der Waals surface area (Å²) >= 11 is 0. The first kappa shape index (κ1) is 44.0. The Kier molecular flexibility index (Phi) is 26.3. The van der Waals surface area contributed by atoms with Gasteiger partial charge in [0.2, 0.25) is 0 Å².